The molecule has 0 aromatic rings. The molecule has 1 fully saturated rings. The molecular formula is C11H20N2O4. The number of methoxy groups -OCH3 is 1. The van der Waals surface area contributed by atoms with Crippen LogP contribution < -0.4 is 5.32 Å². The number of nitrogens with zero attached hydrogens (tertiary/aromatic N) is 1. The second-order valence-electron chi connectivity index (χ2n) is 4.35. The first-order valence-corrected chi connectivity index (χ1v) is 5.75. The molecule has 0 heterocycles. The molecule has 17 heavy (non-hydrogen) atoms. The summed E-state index contributed by atoms with van der Waals surface area (Å²) in [6.07, 6.45) is 1.55. The van der Waals surface area contributed by atoms with Gasteiger partial charge in [0.05, 0.1) is 19.1 Å². The minimum atomic E-state index is -0.770. The number of aliphatic carboxylic acids is 1. The molecule has 0 aromatic carbocycles. The molecule has 0 saturated heterocycles. The predicted molar refractivity (Wildman–Crippen MR) is 61.7 cm³/mol. The fraction of sp³-hybridized carbons (Fsp3) is 0.818. The van der Waals surface area contributed by atoms with Crippen LogP contribution in [0.4, 0.5) is 0 Å². The summed E-state index contributed by atoms with van der Waals surface area (Å²) in [6, 6.07) is -0.0133. The van der Waals surface area contributed by atoms with Crippen LogP contribution >= 0.6 is 0 Å². The van der Waals surface area contributed by atoms with E-state index < -0.39 is 5.97 Å². The molecule has 1 aliphatic carbocycles. The Labute approximate surface area is 101 Å². The van der Waals surface area contributed by atoms with Crippen LogP contribution in [0.2, 0.25) is 0 Å². The summed E-state index contributed by atoms with van der Waals surface area (Å²) >= 11 is 0. The number of hydrogen-bond acceptors (Lipinski definition) is 4. The number of carbonyl (C=O) groups excluding carboxylic acids is 1. The zero-order chi connectivity index (χ0) is 12.8. The van der Waals surface area contributed by atoms with Gasteiger partial charge in [-0.15, -0.1) is 0 Å². The number of amides is 1. The van der Waals surface area contributed by atoms with E-state index in [-0.39, 0.29) is 24.4 Å². The average molecular weight is 244 g/mol. The molecule has 0 aliphatic heterocycles. The van der Waals surface area contributed by atoms with Gasteiger partial charge in [-0.3, -0.25) is 14.5 Å². The normalized spacial score (nSPS) is 23.2. The van der Waals surface area contributed by atoms with Crippen molar-refractivity contribution in [2.45, 2.75) is 18.9 Å². The lowest BCUT2D eigenvalue weighted by Gasteiger charge is -2.39. The molecule has 0 aromatic heterocycles. The molecule has 1 aliphatic rings. The van der Waals surface area contributed by atoms with Gasteiger partial charge < -0.3 is 15.2 Å². The zero-order valence-corrected chi connectivity index (χ0v) is 10.3. The first kappa shape index (κ1) is 13.9. The van der Waals surface area contributed by atoms with Crippen LogP contribution in [-0.4, -0.2) is 61.8 Å². The van der Waals surface area contributed by atoms with Crippen LogP contribution in [0, 0.1) is 5.92 Å². The molecule has 1 amide bonds. The molecule has 98 valence electrons. The van der Waals surface area contributed by atoms with Crippen molar-refractivity contribution in [2.24, 2.45) is 5.92 Å². The van der Waals surface area contributed by atoms with Crippen molar-refractivity contribution < 1.29 is 19.4 Å². The summed E-state index contributed by atoms with van der Waals surface area (Å²) in [5.41, 5.74) is 0. The van der Waals surface area contributed by atoms with E-state index in [1.54, 1.807) is 14.2 Å². The Hall–Kier alpha value is -1.14. The number of carboxylic acid groups (broad SMARTS) is 1. The maximum absolute atomic E-state index is 11.5. The summed E-state index contributed by atoms with van der Waals surface area (Å²) in [4.78, 5) is 24.2. The van der Waals surface area contributed by atoms with Crippen molar-refractivity contribution in [3.63, 3.8) is 0 Å². The van der Waals surface area contributed by atoms with E-state index in [9.17, 15) is 9.59 Å². The quantitative estimate of drug-likeness (QED) is 0.593. The largest absolute Gasteiger partial charge is 0.481 e. The third-order valence-corrected chi connectivity index (χ3v) is 3.14. The lowest BCUT2D eigenvalue weighted by atomic mass is 9.79. The summed E-state index contributed by atoms with van der Waals surface area (Å²) < 4.78 is 4.82. The first-order valence-electron chi connectivity index (χ1n) is 5.75. The van der Waals surface area contributed by atoms with Crippen LogP contribution in [-0.2, 0) is 14.3 Å². The van der Waals surface area contributed by atoms with Gasteiger partial charge in [-0.05, 0) is 19.9 Å². The molecule has 0 bridgehead atoms. The van der Waals surface area contributed by atoms with Gasteiger partial charge in [0.25, 0.3) is 0 Å². The third-order valence-electron chi connectivity index (χ3n) is 3.14. The van der Waals surface area contributed by atoms with E-state index in [2.05, 4.69) is 5.32 Å². The molecule has 6 nitrogen and oxygen atoms in total. The minimum Gasteiger partial charge on any atom is -0.481 e. The van der Waals surface area contributed by atoms with Crippen LogP contribution in [0.25, 0.3) is 0 Å². The Morgan fingerprint density at radius 1 is 1.47 bits per heavy atom. The number of hydrogen-bond donors (Lipinski definition) is 2. The standard InChI is InChI=1S/C11H20N2O4/c1-13(7-10(14)12-5-6-17-2)9-4-3-8(9)11(15)16/h8-9H,3-7H2,1-2H3,(H,12,14)(H,15,16). The van der Waals surface area contributed by atoms with Crippen molar-refractivity contribution in [1.29, 1.82) is 0 Å². The number of likely N-dealkylation sites (N-methyl/N-ethyl adjacent to an activating group) is 1. The number of nitrogens with one attached hydrogen (secondary N) is 1. The van der Waals surface area contributed by atoms with Gasteiger partial charge in [0.15, 0.2) is 0 Å². The molecule has 2 atom stereocenters. The molecule has 2 unspecified atom stereocenters. The summed E-state index contributed by atoms with van der Waals surface area (Å²) in [6.45, 7) is 1.20. The van der Waals surface area contributed by atoms with E-state index in [1.807, 2.05) is 4.90 Å². The second-order valence-corrected chi connectivity index (χ2v) is 4.35. The van der Waals surface area contributed by atoms with Crippen LogP contribution in [0.1, 0.15) is 12.8 Å². The highest BCUT2D eigenvalue weighted by molar-refractivity contribution is 5.78. The van der Waals surface area contributed by atoms with Crippen molar-refractivity contribution in [2.75, 3.05) is 33.9 Å². The maximum atomic E-state index is 11.5. The van der Waals surface area contributed by atoms with Crippen molar-refractivity contribution in [1.82, 2.24) is 10.2 Å². The Morgan fingerprint density at radius 2 is 2.18 bits per heavy atom. The maximum Gasteiger partial charge on any atom is 0.308 e. The highest BCUT2D eigenvalue weighted by Crippen LogP contribution is 2.31. The fourth-order valence-electron chi connectivity index (χ4n) is 1.99. The summed E-state index contributed by atoms with van der Waals surface area (Å²) in [7, 11) is 3.36. The number of ether oxygens (including phenoxy) is 1. The molecule has 0 spiro atoms. The summed E-state index contributed by atoms with van der Waals surface area (Å²) in [5.74, 6) is -1.19. The molecule has 6 heteroatoms. The van der Waals surface area contributed by atoms with Crippen molar-refractivity contribution in [3.8, 4) is 0 Å². The Kier molecular flexibility index (Phi) is 5.37. The van der Waals surface area contributed by atoms with E-state index in [4.69, 9.17) is 9.84 Å². The molecule has 2 N–H and O–H groups in total. The number of rotatable bonds is 7. The van der Waals surface area contributed by atoms with Crippen LogP contribution in [0.15, 0.2) is 0 Å². The third kappa shape index (κ3) is 3.98. The average Bonchev–Trinajstić information content (AvgIpc) is 2.14. The molecule has 1 saturated carbocycles. The van der Waals surface area contributed by atoms with Gasteiger partial charge in [0, 0.05) is 19.7 Å². The smallest absolute Gasteiger partial charge is 0.308 e. The topological polar surface area (TPSA) is 78.9 Å². The van der Waals surface area contributed by atoms with Crippen LogP contribution in [0.3, 0.4) is 0 Å². The van der Waals surface area contributed by atoms with Gasteiger partial charge in [-0.1, -0.05) is 0 Å². The van der Waals surface area contributed by atoms with E-state index in [0.717, 1.165) is 6.42 Å². The summed E-state index contributed by atoms with van der Waals surface area (Å²) in [5, 5.41) is 11.6. The number of carbonyl (C=O) groups is 2. The Morgan fingerprint density at radius 3 is 2.65 bits per heavy atom. The Balaban J connectivity index is 2.26. The van der Waals surface area contributed by atoms with Gasteiger partial charge in [-0.2, -0.15) is 0 Å². The van der Waals surface area contributed by atoms with Crippen LogP contribution in [0.5, 0.6) is 0 Å². The van der Waals surface area contributed by atoms with Crippen molar-refractivity contribution >= 4 is 11.9 Å². The van der Waals surface area contributed by atoms with E-state index in [0.29, 0.717) is 19.6 Å². The lowest BCUT2D eigenvalue weighted by Crippen LogP contribution is -2.51. The lowest BCUT2D eigenvalue weighted by molar-refractivity contribution is -0.149. The van der Waals surface area contributed by atoms with Gasteiger partial charge in [0.1, 0.15) is 0 Å². The predicted octanol–water partition coefficient (Wildman–Crippen LogP) is -0.456. The molecule has 1 rings (SSSR count). The van der Waals surface area contributed by atoms with Gasteiger partial charge >= 0.3 is 5.97 Å². The highest BCUT2D eigenvalue weighted by atomic mass is 16.5. The van der Waals surface area contributed by atoms with Gasteiger partial charge in [0.2, 0.25) is 5.91 Å². The van der Waals surface area contributed by atoms with Crippen molar-refractivity contribution in [3.05, 3.63) is 0 Å². The zero-order valence-electron chi connectivity index (χ0n) is 10.3. The minimum absolute atomic E-state index is 0.0133. The highest BCUT2D eigenvalue weighted by Gasteiger charge is 2.39. The molecule has 0 radical (unpaired) electrons. The fourth-order valence-corrected chi connectivity index (χ4v) is 1.99. The second kappa shape index (κ2) is 6.56. The first-order chi connectivity index (χ1) is 8.06. The monoisotopic (exact) mass is 244 g/mol. The van der Waals surface area contributed by atoms with E-state index >= 15 is 0 Å². The van der Waals surface area contributed by atoms with Gasteiger partial charge in [-0.25, -0.2) is 0 Å². The number of carboxylic acids is 1. The Bertz CT molecular complexity index is 283. The van der Waals surface area contributed by atoms with E-state index in [1.165, 1.54) is 0 Å². The molecular weight excluding hydrogens is 224 g/mol. The SMILES string of the molecule is COCCNC(=O)CN(C)C1CCC1C(=O)O.